The van der Waals surface area contributed by atoms with E-state index in [1.54, 1.807) is 0 Å². The Bertz CT molecular complexity index is 370. The molecular weight excluding hydrogens is 232 g/mol. The molecule has 1 aliphatic carbocycles. The summed E-state index contributed by atoms with van der Waals surface area (Å²) in [7, 11) is 2.06. The summed E-state index contributed by atoms with van der Waals surface area (Å²) in [6.07, 6.45) is 5.02. The smallest absolute Gasteiger partial charge is 0.0410 e. The van der Waals surface area contributed by atoms with E-state index in [4.69, 9.17) is 11.6 Å². The van der Waals surface area contributed by atoms with Crippen LogP contribution in [0.3, 0.4) is 0 Å². The number of halogens is 1. The molecule has 0 unspecified atom stereocenters. The van der Waals surface area contributed by atoms with Gasteiger partial charge >= 0.3 is 0 Å². The van der Waals surface area contributed by atoms with Gasteiger partial charge in [-0.25, -0.2) is 0 Å². The lowest BCUT2D eigenvalue weighted by Crippen LogP contribution is -2.35. The molecule has 0 radical (unpaired) electrons. The molecule has 1 aliphatic rings. The Morgan fingerprint density at radius 1 is 1.12 bits per heavy atom. The highest BCUT2D eigenvalue weighted by Gasteiger charge is 2.19. The molecule has 1 aromatic rings. The van der Waals surface area contributed by atoms with Crippen LogP contribution in [0.5, 0.6) is 0 Å². The van der Waals surface area contributed by atoms with Crippen molar-refractivity contribution >= 4 is 17.3 Å². The zero-order valence-corrected chi connectivity index (χ0v) is 11.3. The topological polar surface area (TPSA) is 24.1 Å². The molecule has 0 aliphatic heterocycles. The molecule has 3 heteroatoms. The summed E-state index contributed by atoms with van der Waals surface area (Å²) in [4.78, 5) is 0. The van der Waals surface area contributed by atoms with E-state index in [2.05, 4.69) is 30.7 Å². The number of aryl methyl sites for hydroxylation is 1. The first kappa shape index (κ1) is 12.7. The van der Waals surface area contributed by atoms with E-state index in [0.29, 0.717) is 12.1 Å². The van der Waals surface area contributed by atoms with Gasteiger partial charge in [-0.05, 0) is 63.4 Å². The maximum atomic E-state index is 5.96. The number of hydrogen-bond donors (Lipinski definition) is 2. The summed E-state index contributed by atoms with van der Waals surface area (Å²) in [6.45, 7) is 2.10. The van der Waals surface area contributed by atoms with Gasteiger partial charge in [-0.2, -0.15) is 0 Å². The Labute approximate surface area is 109 Å². The summed E-state index contributed by atoms with van der Waals surface area (Å²) in [5.74, 6) is 0. The average Bonchev–Trinajstić information content (AvgIpc) is 2.34. The van der Waals surface area contributed by atoms with Crippen LogP contribution in [0.25, 0.3) is 0 Å². The molecule has 94 valence electrons. The van der Waals surface area contributed by atoms with Crippen molar-refractivity contribution in [2.24, 2.45) is 0 Å². The number of hydrogen-bond acceptors (Lipinski definition) is 2. The van der Waals surface area contributed by atoms with E-state index in [9.17, 15) is 0 Å². The maximum Gasteiger partial charge on any atom is 0.0410 e. The van der Waals surface area contributed by atoms with Crippen LogP contribution in [-0.2, 0) is 0 Å². The van der Waals surface area contributed by atoms with Crippen molar-refractivity contribution in [2.45, 2.75) is 44.7 Å². The summed E-state index contributed by atoms with van der Waals surface area (Å²) < 4.78 is 0. The molecule has 1 aromatic carbocycles. The second-order valence-corrected chi connectivity index (χ2v) is 5.38. The fourth-order valence-corrected chi connectivity index (χ4v) is 2.76. The molecule has 2 nitrogen and oxygen atoms in total. The quantitative estimate of drug-likeness (QED) is 0.859. The minimum Gasteiger partial charge on any atom is -0.382 e. The molecule has 0 spiro atoms. The van der Waals surface area contributed by atoms with Gasteiger partial charge in [0.25, 0.3) is 0 Å². The SMILES string of the molecule is CNC1CCC(Nc2ccc(Cl)cc2C)CC1. The number of benzene rings is 1. The number of rotatable bonds is 3. The second kappa shape index (κ2) is 5.74. The third kappa shape index (κ3) is 3.36. The molecule has 0 aromatic heterocycles. The minimum absolute atomic E-state index is 0.611. The minimum atomic E-state index is 0.611. The van der Waals surface area contributed by atoms with Crippen LogP contribution >= 0.6 is 11.6 Å². The summed E-state index contributed by atoms with van der Waals surface area (Å²) >= 11 is 5.96. The normalized spacial score (nSPS) is 24.6. The molecule has 17 heavy (non-hydrogen) atoms. The highest BCUT2D eigenvalue weighted by atomic mass is 35.5. The van der Waals surface area contributed by atoms with Crippen LogP contribution in [0.2, 0.25) is 5.02 Å². The first-order chi connectivity index (χ1) is 8.19. The predicted molar refractivity (Wildman–Crippen MR) is 74.9 cm³/mol. The van der Waals surface area contributed by atoms with Gasteiger partial charge in [-0.15, -0.1) is 0 Å². The summed E-state index contributed by atoms with van der Waals surface area (Å²) in [6, 6.07) is 7.37. The van der Waals surface area contributed by atoms with Crippen LogP contribution in [0, 0.1) is 6.92 Å². The summed E-state index contributed by atoms with van der Waals surface area (Å²) in [5, 5.41) is 7.81. The van der Waals surface area contributed by atoms with Gasteiger partial charge in [0.2, 0.25) is 0 Å². The largest absolute Gasteiger partial charge is 0.382 e. The molecule has 0 amide bonds. The van der Waals surface area contributed by atoms with E-state index in [-0.39, 0.29) is 0 Å². The first-order valence-corrected chi connectivity index (χ1v) is 6.77. The Morgan fingerprint density at radius 3 is 2.35 bits per heavy atom. The fourth-order valence-electron chi connectivity index (χ4n) is 2.54. The van der Waals surface area contributed by atoms with Crippen LogP contribution in [0.4, 0.5) is 5.69 Å². The highest BCUT2D eigenvalue weighted by molar-refractivity contribution is 6.30. The van der Waals surface area contributed by atoms with Crippen LogP contribution in [-0.4, -0.2) is 19.1 Å². The molecule has 2 N–H and O–H groups in total. The standard InChI is InChI=1S/C14H21ClN2/c1-10-9-11(15)3-8-14(10)17-13-6-4-12(16-2)5-7-13/h3,8-9,12-13,16-17H,4-7H2,1-2H3. The van der Waals surface area contributed by atoms with Gasteiger partial charge in [-0.1, -0.05) is 11.6 Å². The Hall–Kier alpha value is -0.730. The van der Waals surface area contributed by atoms with E-state index in [0.717, 1.165) is 5.02 Å². The molecule has 0 atom stereocenters. The zero-order chi connectivity index (χ0) is 12.3. The second-order valence-electron chi connectivity index (χ2n) is 4.94. The van der Waals surface area contributed by atoms with Gasteiger partial charge in [-0.3, -0.25) is 0 Å². The molecule has 1 fully saturated rings. The first-order valence-electron chi connectivity index (χ1n) is 6.39. The van der Waals surface area contributed by atoms with Gasteiger partial charge in [0.05, 0.1) is 0 Å². The monoisotopic (exact) mass is 252 g/mol. The Morgan fingerprint density at radius 2 is 1.76 bits per heavy atom. The van der Waals surface area contributed by atoms with Crippen molar-refractivity contribution < 1.29 is 0 Å². The molecule has 0 heterocycles. The van der Waals surface area contributed by atoms with E-state index in [1.807, 2.05) is 12.1 Å². The number of anilines is 1. The zero-order valence-electron chi connectivity index (χ0n) is 10.6. The molecule has 2 rings (SSSR count). The predicted octanol–water partition coefficient (Wildman–Crippen LogP) is 3.59. The Kier molecular flexibility index (Phi) is 4.30. The molecule has 0 saturated heterocycles. The molecular formula is C14H21ClN2. The third-order valence-electron chi connectivity index (χ3n) is 3.68. The van der Waals surface area contributed by atoms with Crippen molar-refractivity contribution in [3.8, 4) is 0 Å². The van der Waals surface area contributed by atoms with Gasteiger partial charge in [0, 0.05) is 22.8 Å². The third-order valence-corrected chi connectivity index (χ3v) is 3.92. The van der Waals surface area contributed by atoms with E-state index in [1.165, 1.54) is 36.9 Å². The number of nitrogens with one attached hydrogen (secondary N) is 2. The van der Waals surface area contributed by atoms with E-state index < -0.39 is 0 Å². The van der Waals surface area contributed by atoms with Crippen LogP contribution in [0.15, 0.2) is 18.2 Å². The van der Waals surface area contributed by atoms with Crippen molar-refractivity contribution in [3.63, 3.8) is 0 Å². The van der Waals surface area contributed by atoms with Crippen molar-refractivity contribution in [2.75, 3.05) is 12.4 Å². The maximum absolute atomic E-state index is 5.96. The lowest BCUT2D eigenvalue weighted by Gasteiger charge is -2.30. The lowest BCUT2D eigenvalue weighted by atomic mass is 9.91. The van der Waals surface area contributed by atoms with Crippen molar-refractivity contribution in [1.82, 2.24) is 5.32 Å². The van der Waals surface area contributed by atoms with Crippen molar-refractivity contribution in [3.05, 3.63) is 28.8 Å². The highest BCUT2D eigenvalue weighted by Crippen LogP contribution is 2.25. The summed E-state index contributed by atoms with van der Waals surface area (Å²) in [5.41, 5.74) is 2.45. The average molecular weight is 253 g/mol. The van der Waals surface area contributed by atoms with Crippen LogP contribution < -0.4 is 10.6 Å². The van der Waals surface area contributed by atoms with Crippen molar-refractivity contribution in [1.29, 1.82) is 0 Å². The van der Waals surface area contributed by atoms with Gasteiger partial charge in [0.1, 0.15) is 0 Å². The molecule has 0 bridgehead atoms. The van der Waals surface area contributed by atoms with Gasteiger partial charge in [0.15, 0.2) is 0 Å². The molecule has 1 saturated carbocycles. The lowest BCUT2D eigenvalue weighted by molar-refractivity contribution is 0.371. The Balaban J connectivity index is 1.93. The van der Waals surface area contributed by atoms with Crippen LogP contribution in [0.1, 0.15) is 31.2 Å². The van der Waals surface area contributed by atoms with Gasteiger partial charge < -0.3 is 10.6 Å². The fraction of sp³-hybridized carbons (Fsp3) is 0.571. The van der Waals surface area contributed by atoms with E-state index >= 15 is 0 Å².